The lowest BCUT2D eigenvalue weighted by Crippen LogP contribution is -2.67. The van der Waals surface area contributed by atoms with E-state index in [4.69, 9.17) is 11.6 Å². The first-order valence-corrected chi connectivity index (χ1v) is 10.4. The zero-order chi connectivity index (χ0) is 19.7. The maximum absolute atomic E-state index is 13.0. The summed E-state index contributed by atoms with van der Waals surface area (Å²) in [6.45, 7) is 5.74. The highest BCUT2D eigenvalue weighted by molar-refractivity contribution is 6.30. The molecule has 0 saturated carbocycles. The number of benzene rings is 2. The number of amides is 1. The zero-order valence-corrected chi connectivity index (χ0v) is 17.0. The Kier molecular flexibility index (Phi) is 5.46. The number of rotatable bonds is 4. The average molecular weight is 399 g/mol. The number of aliphatic hydroxyl groups is 1. The fourth-order valence-electron chi connectivity index (χ4n) is 4.87. The van der Waals surface area contributed by atoms with Crippen LogP contribution in [-0.2, 0) is 6.54 Å². The second kappa shape index (κ2) is 7.86. The van der Waals surface area contributed by atoms with Crippen molar-refractivity contribution in [2.24, 2.45) is 11.8 Å². The van der Waals surface area contributed by atoms with Crippen LogP contribution in [0.25, 0.3) is 0 Å². The number of carbonyl (C=O) groups excluding carboxylic acids is 1. The Balaban J connectivity index is 1.51. The third kappa shape index (κ3) is 3.69. The van der Waals surface area contributed by atoms with Gasteiger partial charge in [0.25, 0.3) is 5.91 Å². The highest BCUT2D eigenvalue weighted by Crippen LogP contribution is 2.41. The molecule has 0 radical (unpaired) electrons. The molecule has 2 aromatic carbocycles. The molecule has 28 heavy (non-hydrogen) atoms. The topological polar surface area (TPSA) is 43.8 Å². The number of halogens is 1. The zero-order valence-electron chi connectivity index (χ0n) is 16.2. The number of likely N-dealkylation sites (tertiary alicyclic amines) is 2. The summed E-state index contributed by atoms with van der Waals surface area (Å²) in [6.07, 6.45) is 0.727. The van der Waals surface area contributed by atoms with Gasteiger partial charge in [-0.25, -0.2) is 0 Å². The van der Waals surface area contributed by atoms with E-state index in [2.05, 4.69) is 36.1 Å². The normalized spacial score (nSPS) is 27.6. The van der Waals surface area contributed by atoms with Crippen molar-refractivity contribution in [1.29, 1.82) is 0 Å². The van der Waals surface area contributed by atoms with Gasteiger partial charge in [-0.3, -0.25) is 9.69 Å². The number of nitrogens with zero attached hydrogens (tertiary/aromatic N) is 2. The van der Waals surface area contributed by atoms with Gasteiger partial charge in [-0.05, 0) is 36.2 Å². The van der Waals surface area contributed by atoms with Crippen molar-refractivity contribution in [3.63, 3.8) is 0 Å². The first-order valence-electron chi connectivity index (χ1n) is 10.0. The monoisotopic (exact) mass is 398 g/mol. The van der Waals surface area contributed by atoms with Crippen LogP contribution in [0.4, 0.5) is 0 Å². The molecule has 2 atom stereocenters. The van der Waals surface area contributed by atoms with Gasteiger partial charge in [0.15, 0.2) is 0 Å². The van der Waals surface area contributed by atoms with Crippen molar-refractivity contribution in [3.8, 4) is 0 Å². The quantitative estimate of drug-likeness (QED) is 0.854. The fraction of sp³-hybridized carbons (Fsp3) is 0.435. The number of piperidine rings is 2. The van der Waals surface area contributed by atoms with Gasteiger partial charge in [-0.1, -0.05) is 48.9 Å². The predicted octanol–water partition coefficient (Wildman–Crippen LogP) is 3.69. The van der Waals surface area contributed by atoms with Gasteiger partial charge >= 0.3 is 0 Å². The van der Waals surface area contributed by atoms with Crippen LogP contribution in [0.3, 0.4) is 0 Å². The van der Waals surface area contributed by atoms with Crippen LogP contribution in [0.1, 0.15) is 29.3 Å². The van der Waals surface area contributed by atoms with Gasteiger partial charge in [-0.2, -0.15) is 0 Å². The fourth-order valence-corrected chi connectivity index (χ4v) is 5.00. The first kappa shape index (κ1) is 19.4. The van der Waals surface area contributed by atoms with E-state index in [9.17, 15) is 9.90 Å². The molecule has 4 rings (SSSR count). The van der Waals surface area contributed by atoms with E-state index < -0.39 is 5.60 Å². The third-order valence-corrected chi connectivity index (χ3v) is 6.70. The summed E-state index contributed by atoms with van der Waals surface area (Å²) in [7, 11) is 0. The van der Waals surface area contributed by atoms with Gasteiger partial charge < -0.3 is 10.0 Å². The Labute approximate surface area is 171 Å². The molecular formula is C23H27ClN2O2. The summed E-state index contributed by atoms with van der Waals surface area (Å²) in [5.41, 5.74) is 1.26. The standard InChI is InChI=1S/C23H27ClN2O2/c1-2-23(28)19-13-25(12-17-6-4-3-5-7-17)14-20(23)16-26(15-19)22(27)18-8-10-21(24)11-9-18/h3-11,19-20,28H,2,12-16H2,1H3. The predicted molar refractivity (Wildman–Crippen MR) is 111 cm³/mol. The van der Waals surface area contributed by atoms with Gasteiger partial charge in [0.2, 0.25) is 0 Å². The molecule has 148 valence electrons. The number of hydrogen-bond donors (Lipinski definition) is 1. The minimum Gasteiger partial charge on any atom is -0.389 e. The van der Waals surface area contributed by atoms with E-state index in [1.165, 1.54) is 5.56 Å². The molecule has 2 fully saturated rings. The van der Waals surface area contributed by atoms with E-state index in [1.807, 2.05) is 11.0 Å². The molecule has 2 aliphatic heterocycles. The number of hydrogen-bond acceptors (Lipinski definition) is 3. The maximum atomic E-state index is 13.0. The lowest BCUT2D eigenvalue weighted by Gasteiger charge is -2.55. The van der Waals surface area contributed by atoms with Gasteiger partial charge in [-0.15, -0.1) is 0 Å². The molecule has 2 bridgehead atoms. The molecule has 2 unspecified atom stereocenters. The summed E-state index contributed by atoms with van der Waals surface area (Å²) in [6, 6.07) is 17.5. The van der Waals surface area contributed by atoms with E-state index in [0.29, 0.717) is 23.7 Å². The lowest BCUT2D eigenvalue weighted by molar-refractivity contribution is -0.154. The molecule has 5 heteroatoms. The van der Waals surface area contributed by atoms with Gasteiger partial charge in [0, 0.05) is 55.1 Å². The largest absolute Gasteiger partial charge is 0.389 e. The Hall–Kier alpha value is -1.88. The Morgan fingerprint density at radius 3 is 2.21 bits per heavy atom. The molecule has 1 amide bonds. The molecule has 2 aliphatic rings. The molecule has 0 aromatic heterocycles. The van der Waals surface area contributed by atoms with Crippen molar-refractivity contribution in [2.45, 2.75) is 25.5 Å². The van der Waals surface area contributed by atoms with E-state index >= 15 is 0 Å². The molecule has 0 spiro atoms. The number of carbonyl (C=O) groups is 1. The van der Waals surface area contributed by atoms with Crippen LogP contribution in [-0.4, -0.2) is 52.6 Å². The summed E-state index contributed by atoms with van der Waals surface area (Å²) in [5.74, 6) is 0.149. The molecule has 2 heterocycles. The van der Waals surface area contributed by atoms with Gasteiger partial charge in [0.1, 0.15) is 0 Å². The van der Waals surface area contributed by atoms with Crippen molar-refractivity contribution in [3.05, 3.63) is 70.7 Å². The highest BCUT2D eigenvalue weighted by Gasteiger charge is 2.52. The minimum absolute atomic E-state index is 0.0290. The third-order valence-electron chi connectivity index (χ3n) is 6.45. The number of fused-ring (bicyclic) bond motifs is 2. The summed E-state index contributed by atoms with van der Waals surface area (Å²) < 4.78 is 0. The van der Waals surface area contributed by atoms with Gasteiger partial charge in [0.05, 0.1) is 5.60 Å². The van der Waals surface area contributed by atoms with E-state index in [-0.39, 0.29) is 17.7 Å². The van der Waals surface area contributed by atoms with Crippen molar-refractivity contribution in [1.82, 2.24) is 9.80 Å². The van der Waals surface area contributed by atoms with Crippen LogP contribution >= 0.6 is 11.6 Å². The second-order valence-electron chi connectivity index (χ2n) is 8.14. The average Bonchev–Trinajstić information content (AvgIpc) is 2.69. The summed E-state index contributed by atoms with van der Waals surface area (Å²) >= 11 is 5.96. The molecule has 0 aliphatic carbocycles. The molecular weight excluding hydrogens is 372 g/mol. The second-order valence-corrected chi connectivity index (χ2v) is 8.57. The molecule has 2 aromatic rings. The Morgan fingerprint density at radius 1 is 1.04 bits per heavy atom. The van der Waals surface area contributed by atoms with Crippen molar-refractivity contribution >= 4 is 17.5 Å². The lowest BCUT2D eigenvalue weighted by atomic mass is 9.68. The van der Waals surface area contributed by atoms with Crippen LogP contribution in [0.15, 0.2) is 54.6 Å². The van der Waals surface area contributed by atoms with Crippen LogP contribution in [0.2, 0.25) is 5.02 Å². The highest BCUT2D eigenvalue weighted by atomic mass is 35.5. The van der Waals surface area contributed by atoms with Crippen LogP contribution < -0.4 is 0 Å². The van der Waals surface area contributed by atoms with Crippen LogP contribution in [0.5, 0.6) is 0 Å². The molecule has 2 saturated heterocycles. The van der Waals surface area contributed by atoms with Crippen molar-refractivity contribution in [2.75, 3.05) is 26.2 Å². The minimum atomic E-state index is -0.691. The maximum Gasteiger partial charge on any atom is 0.253 e. The van der Waals surface area contributed by atoms with Crippen LogP contribution in [0, 0.1) is 11.8 Å². The van der Waals surface area contributed by atoms with E-state index in [0.717, 1.165) is 26.1 Å². The molecule has 4 nitrogen and oxygen atoms in total. The molecule has 1 N–H and O–H groups in total. The Morgan fingerprint density at radius 2 is 1.64 bits per heavy atom. The first-order chi connectivity index (χ1) is 13.5. The smallest absolute Gasteiger partial charge is 0.253 e. The Bertz CT molecular complexity index is 808. The summed E-state index contributed by atoms with van der Waals surface area (Å²) in [4.78, 5) is 17.4. The summed E-state index contributed by atoms with van der Waals surface area (Å²) in [5, 5.41) is 12.0. The SMILES string of the molecule is CCC1(O)C2CN(Cc3ccccc3)CC1CN(C(=O)c1ccc(Cl)cc1)C2. The van der Waals surface area contributed by atoms with Crippen molar-refractivity contribution < 1.29 is 9.90 Å². The van der Waals surface area contributed by atoms with E-state index in [1.54, 1.807) is 24.3 Å².